The molecular weight excluding hydrogens is 230 g/mol. The Balaban J connectivity index is 1.83. The topological polar surface area (TPSA) is 46.6 Å². The first-order valence-electron chi connectivity index (χ1n) is 6.11. The number of aryl methyl sites for hydroxylation is 1. The van der Waals surface area contributed by atoms with E-state index in [1.54, 1.807) is 12.0 Å². The zero-order chi connectivity index (χ0) is 13.0. The summed E-state index contributed by atoms with van der Waals surface area (Å²) >= 11 is 0. The first-order valence-corrected chi connectivity index (χ1v) is 6.11. The summed E-state index contributed by atoms with van der Waals surface area (Å²) in [7, 11) is 1.63. The second-order valence-electron chi connectivity index (χ2n) is 4.45. The number of hydrogen-bond acceptors (Lipinski definition) is 3. The van der Waals surface area contributed by atoms with E-state index in [4.69, 9.17) is 4.74 Å². The maximum atomic E-state index is 11.8. The molecule has 0 radical (unpaired) electrons. The molecule has 2 rings (SSSR count). The number of hydrogen-bond donors (Lipinski definition) is 0. The monoisotopic (exact) mass is 247 g/mol. The lowest BCUT2D eigenvalue weighted by atomic mass is 10.1. The van der Waals surface area contributed by atoms with Crippen LogP contribution in [0.5, 0.6) is 5.75 Å². The van der Waals surface area contributed by atoms with Crippen molar-refractivity contribution in [3.05, 3.63) is 29.8 Å². The zero-order valence-electron chi connectivity index (χ0n) is 10.5. The van der Waals surface area contributed by atoms with Crippen LogP contribution in [0.1, 0.15) is 18.4 Å². The third kappa shape index (κ3) is 3.09. The Bertz CT molecular complexity index is 439. The van der Waals surface area contributed by atoms with Crippen molar-refractivity contribution in [1.29, 1.82) is 0 Å². The average molecular weight is 247 g/mol. The summed E-state index contributed by atoms with van der Waals surface area (Å²) in [6, 6.07) is 7.70. The minimum absolute atomic E-state index is 0.0664. The minimum Gasteiger partial charge on any atom is -0.497 e. The number of Topliss-reactive ketones (excluding diaryl/α,β-unsaturated/α-hetero) is 1. The average Bonchev–Trinajstić information content (AvgIpc) is 2.83. The fraction of sp³-hybridized carbons (Fsp3) is 0.429. The third-order valence-electron chi connectivity index (χ3n) is 3.17. The predicted molar refractivity (Wildman–Crippen MR) is 67.5 cm³/mol. The summed E-state index contributed by atoms with van der Waals surface area (Å²) in [5.74, 6) is 1.04. The summed E-state index contributed by atoms with van der Waals surface area (Å²) in [4.78, 5) is 24.6. The summed E-state index contributed by atoms with van der Waals surface area (Å²) in [6.45, 7) is 0.877. The number of ketones is 1. The van der Waals surface area contributed by atoms with Gasteiger partial charge in [-0.15, -0.1) is 0 Å². The fourth-order valence-electron chi connectivity index (χ4n) is 2.05. The van der Waals surface area contributed by atoms with Gasteiger partial charge in [0.1, 0.15) is 5.75 Å². The molecule has 0 spiro atoms. The molecule has 4 nitrogen and oxygen atoms in total. The lowest BCUT2D eigenvalue weighted by molar-refractivity contribution is -0.131. The lowest BCUT2D eigenvalue weighted by Crippen LogP contribution is -2.28. The van der Waals surface area contributed by atoms with Gasteiger partial charge in [-0.1, -0.05) is 12.1 Å². The van der Waals surface area contributed by atoms with Crippen molar-refractivity contribution in [2.75, 3.05) is 20.2 Å². The number of amides is 1. The molecule has 1 fully saturated rings. The van der Waals surface area contributed by atoms with E-state index < -0.39 is 0 Å². The van der Waals surface area contributed by atoms with Gasteiger partial charge in [0, 0.05) is 19.4 Å². The van der Waals surface area contributed by atoms with Crippen LogP contribution in [0.25, 0.3) is 0 Å². The van der Waals surface area contributed by atoms with Gasteiger partial charge >= 0.3 is 0 Å². The second kappa shape index (κ2) is 5.67. The Morgan fingerprint density at radius 1 is 1.33 bits per heavy atom. The van der Waals surface area contributed by atoms with E-state index in [0.29, 0.717) is 32.4 Å². The maximum Gasteiger partial charge on any atom is 0.223 e. The van der Waals surface area contributed by atoms with E-state index in [0.717, 1.165) is 11.3 Å². The number of carbonyl (C=O) groups excluding carboxylic acids is 2. The molecule has 0 N–H and O–H groups in total. The van der Waals surface area contributed by atoms with Crippen LogP contribution in [-0.2, 0) is 16.0 Å². The van der Waals surface area contributed by atoms with E-state index >= 15 is 0 Å². The smallest absolute Gasteiger partial charge is 0.223 e. The van der Waals surface area contributed by atoms with E-state index in [1.165, 1.54) is 0 Å². The SMILES string of the molecule is COc1ccc(CCC(=O)N2CCC(=O)C2)cc1. The van der Waals surface area contributed by atoms with Gasteiger partial charge in [0.05, 0.1) is 13.7 Å². The van der Waals surface area contributed by atoms with Crippen LogP contribution in [0, 0.1) is 0 Å². The van der Waals surface area contributed by atoms with Crippen LogP contribution in [-0.4, -0.2) is 36.8 Å². The van der Waals surface area contributed by atoms with Gasteiger partial charge in [0.15, 0.2) is 5.78 Å². The highest BCUT2D eigenvalue weighted by molar-refractivity contribution is 5.89. The number of methoxy groups -OCH3 is 1. The van der Waals surface area contributed by atoms with Crippen molar-refractivity contribution in [2.24, 2.45) is 0 Å². The van der Waals surface area contributed by atoms with E-state index in [1.807, 2.05) is 24.3 Å². The van der Waals surface area contributed by atoms with Crippen LogP contribution < -0.4 is 4.74 Å². The zero-order valence-corrected chi connectivity index (χ0v) is 10.5. The fourth-order valence-corrected chi connectivity index (χ4v) is 2.05. The van der Waals surface area contributed by atoms with Crippen molar-refractivity contribution in [3.8, 4) is 5.75 Å². The Morgan fingerprint density at radius 2 is 2.06 bits per heavy atom. The highest BCUT2D eigenvalue weighted by Gasteiger charge is 2.23. The molecule has 0 unspecified atom stereocenters. The first-order chi connectivity index (χ1) is 8.69. The first kappa shape index (κ1) is 12.6. The van der Waals surface area contributed by atoms with Crippen LogP contribution >= 0.6 is 0 Å². The Labute approximate surface area is 107 Å². The molecule has 0 atom stereocenters. The molecule has 1 saturated heterocycles. The molecule has 0 aromatic heterocycles. The molecule has 1 aromatic rings. The van der Waals surface area contributed by atoms with E-state index in [2.05, 4.69) is 0 Å². The second-order valence-corrected chi connectivity index (χ2v) is 4.45. The van der Waals surface area contributed by atoms with Gasteiger partial charge in [0.2, 0.25) is 5.91 Å². The highest BCUT2D eigenvalue weighted by Crippen LogP contribution is 2.14. The molecule has 0 saturated carbocycles. The van der Waals surface area contributed by atoms with Gasteiger partial charge in [0.25, 0.3) is 0 Å². The molecule has 1 amide bonds. The molecule has 18 heavy (non-hydrogen) atoms. The normalized spacial score (nSPS) is 14.9. The Hall–Kier alpha value is -1.84. The number of rotatable bonds is 4. The van der Waals surface area contributed by atoms with Crippen LogP contribution in [0.15, 0.2) is 24.3 Å². The summed E-state index contributed by atoms with van der Waals surface area (Å²) < 4.78 is 5.08. The van der Waals surface area contributed by atoms with Gasteiger partial charge in [-0.3, -0.25) is 9.59 Å². The molecule has 1 aromatic carbocycles. The van der Waals surface area contributed by atoms with Crippen molar-refractivity contribution in [1.82, 2.24) is 4.90 Å². The number of likely N-dealkylation sites (tertiary alicyclic amines) is 1. The highest BCUT2D eigenvalue weighted by atomic mass is 16.5. The largest absolute Gasteiger partial charge is 0.497 e. The van der Waals surface area contributed by atoms with Crippen molar-refractivity contribution >= 4 is 11.7 Å². The van der Waals surface area contributed by atoms with Crippen molar-refractivity contribution < 1.29 is 14.3 Å². The predicted octanol–water partition coefficient (Wildman–Crippen LogP) is 1.43. The third-order valence-corrected chi connectivity index (χ3v) is 3.17. The van der Waals surface area contributed by atoms with Crippen molar-refractivity contribution in [3.63, 3.8) is 0 Å². The molecule has 1 heterocycles. The Kier molecular flexibility index (Phi) is 3.97. The van der Waals surface area contributed by atoms with E-state index in [9.17, 15) is 9.59 Å². The molecule has 1 aliphatic heterocycles. The summed E-state index contributed by atoms with van der Waals surface area (Å²) in [6.07, 6.45) is 1.67. The lowest BCUT2D eigenvalue weighted by Gasteiger charge is -2.14. The minimum atomic E-state index is 0.0664. The summed E-state index contributed by atoms with van der Waals surface area (Å²) in [5, 5.41) is 0. The summed E-state index contributed by atoms with van der Waals surface area (Å²) in [5.41, 5.74) is 1.11. The Morgan fingerprint density at radius 3 is 2.61 bits per heavy atom. The molecule has 96 valence electrons. The number of benzene rings is 1. The van der Waals surface area contributed by atoms with Gasteiger partial charge in [-0.25, -0.2) is 0 Å². The molecule has 0 bridgehead atoms. The van der Waals surface area contributed by atoms with Gasteiger partial charge < -0.3 is 9.64 Å². The quantitative estimate of drug-likeness (QED) is 0.808. The molecule has 1 aliphatic rings. The van der Waals surface area contributed by atoms with Crippen molar-refractivity contribution in [2.45, 2.75) is 19.3 Å². The molecular formula is C14H17NO3. The van der Waals surface area contributed by atoms with E-state index in [-0.39, 0.29) is 11.7 Å². The maximum absolute atomic E-state index is 11.8. The standard InChI is InChI=1S/C14H17NO3/c1-18-13-5-2-11(3-6-13)4-7-14(17)15-9-8-12(16)10-15/h2-3,5-6H,4,7-10H2,1H3. The molecule has 0 aliphatic carbocycles. The van der Waals surface area contributed by atoms with Crippen LogP contribution in [0.3, 0.4) is 0 Å². The number of ether oxygens (including phenoxy) is 1. The van der Waals surface area contributed by atoms with Gasteiger partial charge in [-0.05, 0) is 24.1 Å². The molecule has 4 heteroatoms. The number of nitrogens with zero attached hydrogens (tertiary/aromatic N) is 1. The van der Waals surface area contributed by atoms with Crippen LogP contribution in [0.4, 0.5) is 0 Å². The van der Waals surface area contributed by atoms with Gasteiger partial charge in [-0.2, -0.15) is 0 Å². The number of carbonyl (C=O) groups is 2. The van der Waals surface area contributed by atoms with Crippen LogP contribution in [0.2, 0.25) is 0 Å².